The Labute approximate surface area is 188 Å². The first kappa shape index (κ1) is 22.8. The second-order valence-corrected chi connectivity index (χ2v) is 7.07. The molecule has 0 aliphatic heterocycles. The number of benzene rings is 3. The summed E-state index contributed by atoms with van der Waals surface area (Å²) in [5, 5.41) is 4.84. The van der Waals surface area contributed by atoms with Crippen LogP contribution in [0.1, 0.15) is 5.56 Å². The van der Waals surface area contributed by atoms with Crippen molar-refractivity contribution < 1.29 is 36.3 Å². The molecule has 0 radical (unpaired) electrons. The molecule has 2 amide bonds. The summed E-state index contributed by atoms with van der Waals surface area (Å²) in [6, 6.07) is 11.7. The first-order chi connectivity index (χ1) is 16.1. The van der Waals surface area contributed by atoms with E-state index in [2.05, 4.69) is 15.6 Å². The van der Waals surface area contributed by atoms with Gasteiger partial charge in [-0.3, -0.25) is 9.59 Å². The van der Waals surface area contributed by atoms with Crippen LogP contribution in [-0.4, -0.2) is 16.8 Å². The quantitative estimate of drug-likeness (QED) is 0.256. The predicted molar refractivity (Wildman–Crippen MR) is 113 cm³/mol. The maximum atomic E-state index is 13.5. The number of amides is 2. The van der Waals surface area contributed by atoms with E-state index in [0.717, 1.165) is 36.4 Å². The van der Waals surface area contributed by atoms with Crippen LogP contribution in [0.25, 0.3) is 10.9 Å². The van der Waals surface area contributed by atoms with Gasteiger partial charge in [0, 0.05) is 29.4 Å². The number of H-pyrrole nitrogens is 1. The first-order valence-electron chi connectivity index (χ1n) is 9.64. The second-order valence-electron chi connectivity index (χ2n) is 7.07. The number of hydrogen-bond donors (Lipinski definition) is 3. The van der Waals surface area contributed by atoms with E-state index in [0.29, 0.717) is 0 Å². The van der Waals surface area contributed by atoms with Crippen molar-refractivity contribution in [1.29, 1.82) is 0 Å². The number of fused-ring (bicyclic) bond motifs is 1. The Morgan fingerprint density at radius 1 is 0.824 bits per heavy atom. The highest BCUT2D eigenvalue weighted by Crippen LogP contribution is 2.32. The van der Waals surface area contributed by atoms with Crippen molar-refractivity contribution >= 4 is 34.1 Å². The minimum Gasteiger partial charge on any atom is -0.457 e. The molecule has 3 N–H and O–H groups in total. The highest BCUT2D eigenvalue weighted by atomic mass is 19.4. The third-order valence-corrected chi connectivity index (χ3v) is 4.69. The van der Waals surface area contributed by atoms with Crippen molar-refractivity contribution in [2.45, 2.75) is 6.18 Å². The number of rotatable bonds is 4. The molecule has 174 valence electrons. The summed E-state index contributed by atoms with van der Waals surface area (Å²) in [5.41, 5.74) is -0.345. The van der Waals surface area contributed by atoms with Crippen LogP contribution in [-0.2, 0) is 15.8 Å². The van der Waals surface area contributed by atoms with Crippen molar-refractivity contribution in [3.63, 3.8) is 0 Å². The van der Waals surface area contributed by atoms with Gasteiger partial charge in [0.1, 0.15) is 11.5 Å². The number of alkyl halides is 3. The molecular formula is C23H14F5N3O3. The fourth-order valence-corrected chi connectivity index (χ4v) is 3.07. The van der Waals surface area contributed by atoms with Gasteiger partial charge in [-0.15, -0.1) is 0 Å². The summed E-state index contributed by atoms with van der Waals surface area (Å²) in [4.78, 5) is 27.2. The molecule has 0 bridgehead atoms. The second kappa shape index (κ2) is 8.85. The molecule has 0 unspecified atom stereocenters. The van der Waals surface area contributed by atoms with Crippen molar-refractivity contribution in [3.05, 3.63) is 84.1 Å². The zero-order valence-electron chi connectivity index (χ0n) is 17.0. The third kappa shape index (κ3) is 4.98. The first-order valence-corrected chi connectivity index (χ1v) is 9.64. The van der Waals surface area contributed by atoms with Gasteiger partial charge in [0.15, 0.2) is 11.6 Å². The largest absolute Gasteiger partial charge is 0.457 e. The topological polar surface area (TPSA) is 83.2 Å². The smallest absolute Gasteiger partial charge is 0.416 e. The number of nitrogens with one attached hydrogen (secondary N) is 3. The fourth-order valence-electron chi connectivity index (χ4n) is 3.07. The SMILES string of the molecule is O=C(Nc1cccc(Oc2ccc(C(F)(F)F)cc2)c1)C(=O)Nc1c[nH]c2cc(F)c(F)cc12. The summed E-state index contributed by atoms with van der Waals surface area (Å²) in [6.07, 6.45) is -3.19. The van der Waals surface area contributed by atoms with Crippen LogP contribution in [0.2, 0.25) is 0 Å². The monoisotopic (exact) mass is 475 g/mol. The average Bonchev–Trinajstić information content (AvgIpc) is 3.15. The lowest BCUT2D eigenvalue weighted by Crippen LogP contribution is -2.29. The Balaban J connectivity index is 1.42. The molecule has 1 aromatic heterocycles. The summed E-state index contributed by atoms with van der Waals surface area (Å²) in [6.45, 7) is 0. The molecule has 0 fully saturated rings. The molecule has 3 aromatic carbocycles. The Kier molecular flexibility index (Phi) is 5.93. The van der Waals surface area contributed by atoms with Crippen LogP contribution in [0.15, 0.2) is 66.9 Å². The zero-order chi connectivity index (χ0) is 24.5. The van der Waals surface area contributed by atoms with Gasteiger partial charge in [0.25, 0.3) is 0 Å². The van der Waals surface area contributed by atoms with E-state index in [-0.39, 0.29) is 33.8 Å². The van der Waals surface area contributed by atoms with Crippen molar-refractivity contribution in [1.82, 2.24) is 4.98 Å². The summed E-state index contributed by atoms with van der Waals surface area (Å²) < 4.78 is 70.3. The molecule has 4 rings (SSSR count). The summed E-state index contributed by atoms with van der Waals surface area (Å²) in [5.74, 6) is -3.96. The molecule has 0 atom stereocenters. The fraction of sp³-hybridized carbons (Fsp3) is 0.0435. The zero-order valence-corrected chi connectivity index (χ0v) is 17.0. The van der Waals surface area contributed by atoms with E-state index in [4.69, 9.17) is 4.74 Å². The van der Waals surface area contributed by atoms with E-state index in [1.807, 2.05) is 0 Å². The maximum Gasteiger partial charge on any atom is 0.416 e. The van der Waals surface area contributed by atoms with Gasteiger partial charge in [-0.25, -0.2) is 8.78 Å². The van der Waals surface area contributed by atoms with Crippen molar-refractivity contribution in [2.24, 2.45) is 0 Å². The Hall–Kier alpha value is -4.41. The number of aromatic amines is 1. The molecule has 0 aliphatic carbocycles. The van der Waals surface area contributed by atoms with Crippen LogP contribution in [0.5, 0.6) is 11.5 Å². The molecule has 0 aliphatic rings. The lowest BCUT2D eigenvalue weighted by molar-refractivity contribution is -0.137. The molecule has 0 spiro atoms. The highest BCUT2D eigenvalue weighted by Gasteiger charge is 2.30. The van der Waals surface area contributed by atoms with Crippen LogP contribution >= 0.6 is 0 Å². The Bertz CT molecular complexity index is 1380. The summed E-state index contributed by atoms with van der Waals surface area (Å²) in [7, 11) is 0. The van der Waals surface area contributed by atoms with Gasteiger partial charge in [-0.1, -0.05) is 6.07 Å². The van der Waals surface area contributed by atoms with E-state index >= 15 is 0 Å². The normalized spacial score (nSPS) is 11.3. The molecule has 34 heavy (non-hydrogen) atoms. The van der Waals surface area contributed by atoms with Gasteiger partial charge >= 0.3 is 18.0 Å². The Morgan fingerprint density at radius 3 is 2.21 bits per heavy atom. The molecule has 1 heterocycles. The van der Waals surface area contributed by atoms with Gasteiger partial charge in [0.05, 0.1) is 16.8 Å². The standard InChI is InChI=1S/C23H14F5N3O3/c24-17-9-16-19(10-18(17)25)29-11-20(16)31-22(33)21(32)30-13-2-1-3-15(8-13)34-14-6-4-12(5-7-14)23(26,27)28/h1-11,29H,(H,30,32)(H,31,33). The van der Waals surface area contributed by atoms with E-state index in [1.54, 1.807) is 0 Å². The minimum atomic E-state index is -4.47. The molecule has 11 heteroatoms. The minimum absolute atomic E-state index is 0.0773. The van der Waals surface area contributed by atoms with Gasteiger partial charge in [-0.2, -0.15) is 13.2 Å². The third-order valence-electron chi connectivity index (χ3n) is 4.69. The van der Waals surface area contributed by atoms with Crippen LogP contribution < -0.4 is 15.4 Å². The van der Waals surface area contributed by atoms with Crippen LogP contribution in [0.4, 0.5) is 33.3 Å². The number of hydrogen-bond acceptors (Lipinski definition) is 3. The van der Waals surface area contributed by atoms with E-state index < -0.39 is 35.2 Å². The van der Waals surface area contributed by atoms with Gasteiger partial charge in [-0.05, 0) is 42.5 Å². The maximum absolute atomic E-state index is 13.5. The Morgan fingerprint density at radius 2 is 1.50 bits per heavy atom. The number of aromatic nitrogens is 1. The predicted octanol–water partition coefficient (Wildman–Crippen LogP) is 5.83. The molecule has 6 nitrogen and oxygen atoms in total. The lowest BCUT2D eigenvalue weighted by Gasteiger charge is -2.10. The van der Waals surface area contributed by atoms with Crippen molar-refractivity contribution in [3.8, 4) is 11.5 Å². The molecular weight excluding hydrogens is 461 g/mol. The molecule has 0 saturated heterocycles. The van der Waals surface area contributed by atoms with Gasteiger partial charge in [0.2, 0.25) is 0 Å². The number of carbonyl (C=O) groups excluding carboxylic acids is 2. The van der Waals surface area contributed by atoms with E-state index in [1.165, 1.54) is 30.5 Å². The number of anilines is 2. The molecule has 0 saturated carbocycles. The van der Waals surface area contributed by atoms with Crippen LogP contribution in [0, 0.1) is 11.6 Å². The number of ether oxygens (including phenoxy) is 1. The number of carbonyl (C=O) groups is 2. The highest BCUT2D eigenvalue weighted by molar-refractivity contribution is 6.44. The van der Waals surface area contributed by atoms with Crippen LogP contribution in [0.3, 0.4) is 0 Å². The van der Waals surface area contributed by atoms with E-state index in [9.17, 15) is 31.5 Å². The lowest BCUT2D eigenvalue weighted by atomic mass is 10.2. The number of halogens is 5. The summed E-state index contributed by atoms with van der Waals surface area (Å²) >= 11 is 0. The average molecular weight is 475 g/mol. The van der Waals surface area contributed by atoms with Gasteiger partial charge < -0.3 is 20.4 Å². The van der Waals surface area contributed by atoms with Crippen molar-refractivity contribution in [2.75, 3.05) is 10.6 Å². The molecule has 4 aromatic rings.